The van der Waals surface area contributed by atoms with Gasteiger partial charge in [0.1, 0.15) is 5.41 Å². The van der Waals surface area contributed by atoms with Gasteiger partial charge in [-0.1, -0.05) is 36.4 Å². The fraction of sp³-hybridized carbons (Fsp3) is 0.231. The van der Waals surface area contributed by atoms with Crippen LogP contribution in [-0.2, 0) is 9.59 Å². The van der Waals surface area contributed by atoms with Gasteiger partial charge in [-0.05, 0) is 25.0 Å². The van der Waals surface area contributed by atoms with Crippen LogP contribution in [0.4, 0.5) is 0 Å². The molecule has 0 aromatic heterocycles. The summed E-state index contributed by atoms with van der Waals surface area (Å²) in [4.78, 5) is 23.0. The molecule has 2 heteroatoms. The van der Waals surface area contributed by atoms with E-state index in [-0.39, 0.29) is 11.6 Å². The van der Waals surface area contributed by atoms with E-state index in [1.807, 2.05) is 30.3 Å². The molecule has 15 heavy (non-hydrogen) atoms. The van der Waals surface area contributed by atoms with Crippen molar-refractivity contribution in [2.24, 2.45) is 5.41 Å². The standard InChI is InChI=1S/C13H12O2/c1-9(14)13(10(2)15)8-12(13)11-6-4-3-5-7-11/h3-8H,1-2H3. The van der Waals surface area contributed by atoms with Crippen molar-refractivity contribution in [3.63, 3.8) is 0 Å². The molecule has 1 aromatic carbocycles. The maximum atomic E-state index is 11.5. The van der Waals surface area contributed by atoms with Crippen LogP contribution in [-0.4, -0.2) is 11.6 Å². The summed E-state index contributed by atoms with van der Waals surface area (Å²) in [7, 11) is 0. The molecule has 0 unspecified atom stereocenters. The number of carbonyl (C=O) groups is 2. The summed E-state index contributed by atoms with van der Waals surface area (Å²) in [6, 6.07) is 9.55. The van der Waals surface area contributed by atoms with E-state index in [2.05, 4.69) is 0 Å². The number of hydrogen-bond donors (Lipinski definition) is 0. The van der Waals surface area contributed by atoms with Crippen molar-refractivity contribution in [3.05, 3.63) is 42.0 Å². The third-order valence-corrected chi connectivity index (χ3v) is 2.90. The van der Waals surface area contributed by atoms with E-state index < -0.39 is 5.41 Å². The molecule has 0 spiro atoms. The molecule has 0 N–H and O–H groups in total. The first kappa shape index (κ1) is 9.84. The monoisotopic (exact) mass is 200 g/mol. The molecule has 0 saturated carbocycles. The van der Waals surface area contributed by atoms with Gasteiger partial charge >= 0.3 is 0 Å². The van der Waals surface area contributed by atoms with E-state index in [9.17, 15) is 9.59 Å². The van der Waals surface area contributed by atoms with Crippen molar-refractivity contribution >= 4 is 17.1 Å². The van der Waals surface area contributed by atoms with Crippen molar-refractivity contribution in [2.45, 2.75) is 13.8 Å². The highest BCUT2D eigenvalue weighted by Crippen LogP contribution is 2.52. The second-order valence-electron chi connectivity index (χ2n) is 3.84. The zero-order chi connectivity index (χ0) is 11.1. The molecule has 76 valence electrons. The lowest BCUT2D eigenvalue weighted by molar-refractivity contribution is -0.130. The summed E-state index contributed by atoms with van der Waals surface area (Å²) in [5.41, 5.74) is 0.896. The molecule has 0 bridgehead atoms. The molecule has 0 radical (unpaired) electrons. The largest absolute Gasteiger partial charge is 0.298 e. The summed E-state index contributed by atoms with van der Waals surface area (Å²) < 4.78 is 0. The van der Waals surface area contributed by atoms with Crippen LogP contribution in [0.15, 0.2) is 36.4 Å². The normalized spacial score (nSPS) is 16.8. The Bertz CT molecular complexity index is 441. The average molecular weight is 200 g/mol. The predicted molar refractivity (Wildman–Crippen MR) is 58.2 cm³/mol. The number of ketones is 2. The first-order valence-electron chi connectivity index (χ1n) is 4.90. The van der Waals surface area contributed by atoms with Crippen LogP contribution in [0.2, 0.25) is 0 Å². The minimum Gasteiger partial charge on any atom is -0.298 e. The second-order valence-corrected chi connectivity index (χ2v) is 3.84. The van der Waals surface area contributed by atoms with Gasteiger partial charge in [0.05, 0.1) is 0 Å². The van der Waals surface area contributed by atoms with Crippen LogP contribution in [0.25, 0.3) is 5.57 Å². The van der Waals surface area contributed by atoms with E-state index >= 15 is 0 Å². The lowest BCUT2D eigenvalue weighted by Crippen LogP contribution is -2.24. The SMILES string of the molecule is CC(=O)C1(C(C)=O)C=C1c1ccccc1. The van der Waals surface area contributed by atoms with Gasteiger partial charge in [0.2, 0.25) is 0 Å². The summed E-state index contributed by atoms with van der Waals surface area (Å²) in [6.45, 7) is 2.93. The van der Waals surface area contributed by atoms with Gasteiger partial charge in [0.25, 0.3) is 0 Å². The van der Waals surface area contributed by atoms with Gasteiger partial charge < -0.3 is 0 Å². The molecule has 0 saturated heterocycles. The van der Waals surface area contributed by atoms with E-state index in [4.69, 9.17) is 0 Å². The first-order chi connectivity index (χ1) is 7.09. The van der Waals surface area contributed by atoms with Gasteiger partial charge in [0, 0.05) is 0 Å². The first-order valence-corrected chi connectivity index (χ1v) is 4.90. The maximum absolute atomic E-state index is 11.5. The lowest BCUT2D eigenvalue weighted by Gasteiger charge is -2.10. The maximum Gasteiger partial charge on any atom is 0.151 e. The summed E-state index contributed by atoms with van der Waals surface area (Å²) in [6.07, 6.45) is 1.76. The Hall–Kier alpha value is -1.70. The fourth-order valence-corrected chi connectivity index (χ4v) is 1.94. The quantitative estimate of drug-likeness (QED) is 0.701. The third kappa shape index (κ3) is 1.33. The number of rotatable bonds is 3. The number of hydrogen-bond acceptors (Lipinski definition) is 2. The van der Waals surface area contributed by atoms with Crippen molar-refractivity contribution in [1.82, 2.24) is 0 Å². The fourth-order valence-electron chi connectivity index (χ4n) is 1.94. The van der Waals surface area contributed by atoms with Crippen LogP contribution in [0.3, 0.4) is 0 Å². The second kappa shape index (κ2) is 3.16. The number of benzene rings is 1. The minimum absolute atomic E-state index is 0.0890. The minimum atomic E-state index is -0.915. The molecular weight excluding hydrogens is 188 g/mol. The van der Waals surface area contributed by atoms with Crippen LogP contribution in [0.5, 0.6) is 0 Å². The Morgan fingerprint density at radius 2 is 1.53 bits per heavy atom. The Morgan fingerprint density at radius 3 is 1.93 bits per heavy atom. The molecule has 0 heterocycles. The highest BCUT2D eigenvalue weighted by molar-refractivity contribution is 6.25. The highest BCUT2D eigenvalue weighted by Gasteiger charge is 2.53. The Morgan fingerprint density at radius 1 is 1.00 bits per heavy atom. The van der Waals surface area contributed by atoms with Gasteiger partial charge in [0.15, 0.2) is 11.6 Å². The summed E-state index contributed by atoms with van der Waals surface area (Å²) >= 11 is 0. The van der Waals surface area contributed by atoms with Crippen LogP contribution in [0, 0.1) is 5.41 Å². The molecular formula is C13H12O2. The number of allylic oxidation sites excluding steroid dienone is 2. The predicted octanol–water partition coefficient (Wildman–Crippen LogP) is 2.25. The highest BCUT2D eigenvalue weighted by atomic mass is 16.2. The number of Topliss-reactive ketones (excluding diaryl/α,β-unsaturated/α-hetero) is 2. The van der Waals surface area contributed by atoms with E-state index in [1.165, 1.54) is 13.8 Å². The molecule has 0 atom stereocenters. The number of carbonyl (C=O) groups excluding carboxylic acids is 2. The summed E-state index contributed by atoms with van der Waals surface area (Å²) in [5.74, 6) is -0.178. The zero-order valence-electron chi connectivity index (χ0n) is 8.78. The van der Waals surface area contributed by atoms with Crippen molar-refractivity contribution < 1.29 is 9.59 Å². The Balaban J connectivity index is 2.35. The van der Waals surface area contributed by atoms with Crippen LogP contribution < -0.4 is 0 Å². The van der Waals surface area contributed by atoms with Gasteiger partial charge in [-0.2, -0.15) is 0 Å². The summed E-state index contributed by atoms with van der Waals surface area (Å²) in [5, 5.41) is 0. The lowest BCUT2D eigenvalue weighted by atomic mass is 9.88. The molecule has 0 amide bonds. The molecule has 1 aliphatic rings. The smallest absolute Gasteiger partial charge is 0.151 e. The van der Waals surface area contributed by atoms with E-state index in [1.54, 1.807) is 6.08 Å². The van der Waals surface area contributed by atoms with Crippen molar-refractivity contribution in [1.29, 1.82) is 0 Å². The third-order valence-electron chi connectivity index (χ3n) is 2.90. The van der Waals surface area contributed by atoms with Crippen LogP contribution in [0.1, 0.15) is 19.4 Å². The van der Waals surface area contributed by atoms with Gasteiger partial charge in [-0.15, -0.1) is 0 Å². The molecule has 0 fully saturated rings. The molecule has 0 aliphatic heterocycles. The molecule has 1 aromatic rings. The topological polar surface area (TPSA) is 34.1 Å². The Kier molecular flexibility index (Phi) is 2.07. The van der Waals surface area contributed by atoms with E-state index in [0.717, 1.165) is 11.1 Å². The van der Waals surface area contributed by atoms with Gasteiger partial charge in [-0.3, -0.25) is 9.59 Å². The zero-order valence-corrected chi connectivity index (χ0v) is 8.78. The molecule has 2 rings (SSSR count). The Labute approximate surface area is 88.6 Å². The van der Waals surface area contributed by atoms with E-state index in [0.29, 0.717) is 0 Å². The molecule has 2 nitrogen and oxygen atoms in total. The van der Waals surface area contributed by atoms with Gasteiger partial charge in [-0.25, -0.2) is 0 Å². The van der Waals surface area contributed by atoms with Crippen molar-refractivity contribution in [2.75, 3.05) is 0 Å². The average Bonchev–Trinajstić information content (AvgIpc) is 2.95. The van der Waals surface area contributed by atoms with Crippen LogP contribution >= 0.6 is 0 Å². The molecule has 1 aliphatic carbocycles. The van der Waals surface area contributed by atoms with Crippen molar-refractivity contribution in [3.8, 4) is 0 Å².